The second-order valence-electron chi connectivity index (χ2n) is 4.11. The highest BCUT2D eigenvalue weighted by atomic mass is 35.5. The average Bonchev–Trinajstić information content (AvgIpc) is 2.39. The Balaban J connectivity index is 2.11. The highest BCUT2D eigenvalue weighted by Gasteiger charge is 2.21. The van der Waals surface area contributed by atoms with Gasteiger partial charge >= 0.3 is 0 Å². The molecular weight excluding hydrogens is 254 g/mol. The molecule has 0 aliphatic carbocycles. The van der Waals surface area contributed by atoms with Crippen LogP contribution in [0.3, 0.4) is 0 Å². The molecule has 1 aliphatic heterocycles. The fourth-order valence-electron chi connectivity index (χ4n) is 1.93. The Kier molecular flexibility index (Phi) is 3.86. The molecule has 0 spiro atoms. The third-order valence-electron chi connectivity index (χ3n) is 2.97. The molecule has 1 saturated heterocycles. The maximum absolute atomic E-state index is 11.3. The van der Waals surface area contributed by atoms with Gasteiger partial charge in [0.15, 0.2) is 5.82 Å². The van der Waals surface area contributed by atoms with Crippen LogP contribution in [-0.4, -0.2) is 54.0 Å². The number of hydrogen-bond acceptors (Lipinski definition) is 5. The summed E-state index contributed by atoms with van der Waals surface area (Å²) in [5.74, 6) is 1.38. The van der Waals surface area contributed by atoms with Crippen LogP contribution in [0.15, 0.2) is 6.20 Å². The van der Waals surface area contributed by atoms with Gasteiger partial charge in [-0.1, -0.05) is 11.6 Å². The number of piperazine rings is 1. The van der Waals surface area contributed by atoms with E-state index in [-0.39, 0.29) is 5.91 Å². The monoisotopic (exact) mass is 269 g/mol. The highest BCUT2D eigenvalue weighted by molar-refractivity contribution is 6.32. The Morgan fingerprint density at radius 1 is 1.39 bits per heavy atom. The van der Waals surface area contributed by atoms with Crippen LogP contribution in [0.1, 0.15) is 6.92 Å². The molecule has 1 fully saturated rings. The molecule has 2 heterocycles. The van der Waals surface area contributed by atoms with E-state index in [0.29, 0.717) is 24.1 Å². The van der Waals surface area contributed by atoms with Gasteiger partial charge in [-0.2, -0.15) is 4.98 Å². The van der Waals surface area contributed by atoms with Gasteiger partial charge in [0.25, 0.3) is 0 Å². The Hall–Kier alpha value is -1.56. The summed E-state index contributed by atoms with van der Waals surface area (Å²) in [5.41, 5.74) is 0. The van der Waals surface area contributed by atoms with E-state index < -0.39 is 0 Å². The van der Waals surface area contributed by atoms with Crippen LogP contribution in [0.5, 0.6) is 0 Å². The lowest BCUT2D eigenvalue weighted by atomic mass is 10.3. The summed E-state index contributed by atoms with van der Waals surface area (Å²) in [6.45, 7) is 4.46. The minimum absolute atomic E-state index is 0.111. The fraction of sp³-hybridized carbons (Fsp3) is 0.545. The van der Waals surface area contributed by atoms with Crippen molar-refractivity contribution in [2.75, 3.05) is 43.4 Å². The molecule has 7 heteroatoms. The van der Waals surface area contributed by atoms with E-state index in [9.17, 15) is 4.79 Å². The van der Waals surface area contributed by atoms with Crippen LogP contribution in [-0.2, 0) is 4.79 Å². The standard InChI is InChI=1S/C11H16ClN5O/c1-8(18)16-3-5-17(6-4-16)10-9(12)7-14-11(13-2)15-10/h7H,3-6H2,1-2H3,(H,13,14,15). The number of nitrogens with zero attached hydrogens (tertiary/aromatic N) is 4. The molecule has 0 bridgehead atoms. The first kappa shape index (κ1) is 12.9. The average molecular weight is 270 g/mol. The summed E-state index contributed by atoms with van der Waals surface area (Å²) in [4.78, 5) is 23.6. The molecule has 98 valence electrons. The summed E-state index contributed by atoms with van der Waals surface area (Å²) >= 11 is 6.11. The zero-order valence-corrected chi connectivity index (χ0v) is 11.2. The number of anilines is 2. The predicted octanol–water partition coefficient (Wildman–Crippen LogP) is 0.840. The molecule has 0 unspecified atom stereocenters. The van der Waals surface area contributed by atoms with Crippen LogP contribution >= 0.6 is 11.6 Å². The first-order valence-electron chi connectivity index (χ1n) is 5.82. The number of aromatic nitrogens is 2. The molecule has 0 saturated carbocycles. The summed E-state index contributed by atoms with van der Waals surface area (Å²) in [6, 6.07) is 0. The van der Waals surface area contributed by atoms with Crippen molar-refractivity contribution in [3.8, 4) is 0 Å². The van der Waals surface area contributed by atoms with Crippen molar-refractivity contribution in [2.45, 2.75) is 6.92 Å². The van der Waals surface area contributed by atoms with Crippen molar-refractivity contribution in [3.05, 3.63) is 11.2 Å². The quantitative estimate of drug-likeness (QED) is 0.862. The molecule has 1 aromatic rings. The Bertz CT molecular complexity index is 445. The number of amides is 1. The SMILES string of the molecule is CNc1ncc(Cl)c(N2CCN(C(C)=O)CC2)n1. The Morgan fingerprint density at radius 2 is 2.06 bits per heavy atom. The molecule has 2 rings (SSSR count). The van der Waals surface area contributed by atoms with E-state index in [1.807, 2.05) is 4.90 Å². The van der Waals surface area contributed by atoms with E-state index in [1.165, 1.54) is 0 Å². The van der Waals surface area contributed by atoms with Gasteiger partial charge in [0.1, 0.15) is 5.02 Å². The van der Waals surface area contributed by atoms with Crippen LogP contribution in [0, 0.1) is 0 Å². The van der Waals surface area contributed by atoms with Gasteiger partial charge in [0.05, 0.1) is 6.20 Å². The largest absolute Gasteiger partial charge is 0.357 e. The van der Waals surface area contributed by atoms with E-state index in [4.69, 9.17) is 11.6 Å². The van der Waals surface area contributed by atoms with E-state index in [1.54, 1.807) is 20.2 Å². The minimum Gasteiger partial charge on any atom is -0.357 e. The zero-order valence-electron chi connectivity index (χ0n) is 10.5. The predicted molar refractivity (Wildman–Crippen MR) is 71.1 cm³/mol. The summed E-state index contributed by atoms with van der Waals surface area (Å²) in [7, 11) is 1.76. The fourth-order valence-corrected chi connectivity index (χ4v) is 2.14. The number of rotatable bonds is 2. The molecular formula is C11H16ClN5O. The van der Waals surface area contributed by atoms with Gasteiger partial charge in [-0.15, -0.1) is 0 Å². The van der Waals surface area contributed by atoms with Crippen molar-refractivity contribution >= 4 is 29.3 Å². The lowest BCUT2D eigenvalue weighted by Gasteiger charge is -2.35. The molecule has 1 N–H and O–H groups in total. The zero-order chi connectivity index (χ0) is 13.1. The number of nitrogens with one attached hydrogen (secondary N) is 1. The third-order valence-corrected chi connectivity index (χ3v) is 3.24. The van der Waals surface area contributed by atoms with Gasteiger partial charge < -0.3 is 15.1 Å². The van der Waals surface area contributed by atoms with Gasteiger partial charge in [-0.25, -0.2) is 4.98 Å². The number of carbonyl (C=O) groups excluding carboxylic acids is 1. The normalized spacial score (nSPS) is 15.7. The minimum atomic E-state index is 0.111. The van der Waals surface area contributed by atoms with Crippen molar-refractivity contribution in [2.24, 2.45) is 0 Å². The van der Waals surface area contributed by atoms with Crippen LogP contribution in [0.2, 0.25) is 5.02 Å². The van der Waals surface area contributed by atoms with E-state index >= 15 is 0 Å². The molecule has 0 radical (unpaired) electrons. The molecule has 1 aliphatic rings. The van der Waals surface area contributed by atoms with Crippen LogP contribution in [0.4, 0.5) is 11.8 Å². The molecule has 18 heavy (non-hydrogen) atoms. The lowest BCUT2D eigenvalue weighted by molar-refractivity contribution is -0.129. The van der Waals surface area contributed by atoms with Gasteiger partial charge in [-0.05, 0) is 0 Å². The molecule has 1 aromatic heterocycles. The van der Waals surface area contributed by atoms with Crippen LogP contribution < -0.4 is 10.2 Å². The smallest absolute Gasteiger partial charge is 0.224 e. The molecule has 6 nitrogen and oxygen atoms in total. The summed E-state index contributed by atoms with van der Waals surface area (Å²) in [6.07, 6.45) is 1.59. The topological polar surface area (TPSA) is 61.4 Å². The highest BCUT2D eigenvalue weighted by Crippen LogP contribution is 2.24. The number of halogens is 1. The third kappa shape index (κ3) is 2.64. The number of hydrogen-bond donors (Lipinski definition) is 1. The number of carbonyl (C=O) groups is 1. The maximum Gasteiger partial charge on any atom is 0.224 e. The van der Waals surface area contributed by atoms with Crippen LogP contribution in [0.25, 0.3) is 0 Å². The van der Waals surface area contributed by atoms with Crippen molar-refractivity contribution < 1.29 is 4.79 Å². The van der Waals surface area contributed by atoms with Crippen molar-refractivity contribution in [1.29, 1.82) is 0 Å². The van der Waals surface area contributed by atoms with Gasteiger partial charge in [-0.3, -0.25) is 4.79 Å². The molecule has 1 amide bonds. The Morgan fingerprint density at radius 3 is 2.61 bits per heavy atom. The van der Waals surface area contributed by atoms with E-state index in [2.05, 4.69) is 20.2 Å². The maximum atomic E-state index is 11.3. The molecule has 0 atom stereocenters. The van der Waals surface area contributed by atoms with Crippen molar-refractivity contribution in [3.63, 3.8) is 0 Å². The van der Waals surface area contributed by atoms with E-state index in [0.717, 1.165) is 18.9 Å². The summed E-state index contributed by atoms with van der Waals surface area (Å²) < 4.78 is 0. The van der Waals surface area contributed by atoms with Gasteiger partial charge in [0.2, 0.25) is 11.9 Å². The first-order chi connectivity index (χ1) is 8.61. The lowest BCUT2D eigenvalue weighted by Crippen LogP contribution is -2.48. The summed E-state index contributed by atoms with van der Waals surface area (Å²) in [5, 5.41) is 3.42. The Labute approximate surface area is 111 Å². The van der Waals surface area contributed by atoms with Gasteiger partial charge in [0, 0.05) is 40.2 Å². The first-order valence-corrected chi connectivity index (χ1v) is 6.20. The second kappa shape index (κ2) is 5.39. The second-order valence-corrected chi connectivity index (χ2v) is 4.52. The molecule has 0 aromatic carbocycles. The van der Waals surface area contributed by atoms with Crippen molar-refractivity contribution in [1.82, 2.24) is 14.9 Å².